The molecule has 2 N–H and O–H groups in total. The first-order chi connectivity index (χ1) is 8.69. The first-order valence-corrected chi connectivity index (χ1v) is 7.47. The highest BCUT2D eigenvalue weighted by molar-refractivity contribution is 9.11. The van der Waals surface area contributed by atoms with Gasteiger partial charge >= 0.3 is 0 Å². The van der Waals surface area contributed by atoms with Crippen LogP contribution in [-0.4, -0.2) is 5.11 Å². The van der Waals surface area contributed by atoms with Gasteiger partial charge in [-0.15, -0.1) is 11.3 Å². The largest absolute Gasteiger partial charge is 0.392 e. The van der Waals surface area contributed by atoms with Crippen molar-refractivity contribution in [3.63, 3.8) is 0 Å². The average Bonchev–Trinajstić information content (AvgIpc) is 2.82. The van der Waals surface area contributed by atoms with Crippen molar-refractivity contribution in [3.05, 3.63) is 56.2 Å². The van der Waals surface area contributed by atoms with E-state index in [1.165, 1.54) is 10.4 Å². The van der Waals surface area contributed by atoms with Crippen LogP contribution in [0, 0.1) is 0 Å². The lowest BCUT2D eigenvalue weighted by Gasteiger charge is -2.14. The third-order valence-corrected chi connectivity index (χ3v) is 4.47. The summed E-state index contributed by atoms with van der Waals surface area (Å²) >= 11 is 5.21. The molecular weight excluding hydrogens is 310 g/mol. The van der Waals surface area contributed by atoms with E-state index in [0.717, 1.165) is 15.9 Å². The van der Waals surface area contributed by atoms with Crippen LogP contribution in [0.15, 0.2) is 40.2 Å². The van der Waals surface area contributed by atoms with E-state index in [0.29, 0.717) is 0 Å². The fourth-order valence-corrected chi connectivity index (χ4v) is 3.21. The summed E-state index contributed by atoms with van der Waals surface area (Å²) in [5.41, 5.74) is 2.16. The van der Waals surface area contributed by atoms with Gasteiger partial charge in [0.05, 0.1) is 10.4 Å². The Morgan fingerprint density at radius 1 is 1.33 bits per heavy atom. The minimum absolute atomic E-state index is 0.0957. The number of rotatable bonds is 5. The monoisotopic (exact) mass is 325 g/mol. The number of thiophene rings is 1. The summed E-state index contributed by atoms with van der Waals surface area (Å²) in [5, 5.41) is 12.6. The zero-order valence-corrected chi connectivity index (χ0v) is 12.6. The molecule has 1 aromatic heterocycles. The highest BCUT2D eigenvalue weighted by atomic mass is 79.9. The molecule has 4 heteroatoms. The van der Waals surface area contributed by atoms with Gasteiger partial charge in [-0.1, -0.05) is 24.3 Å². The van der Waals surface area contributed by atoms with Crippen molar-refractivity contribution in [1.82, 2.24) is 5.32 Å². The summed E-state index contributed by atoms with van der Waals surface area (Å²) < 4.78 is 1.16. The highest BCUT2D eigenvalue weighted by Gasteiger charge is 2.06. The number of benzene rings is 1. The van der Waals surface area contributed by atoms with Gasteiger partial charge in [0.2, 0.25) is 0 Å². The van der Waals surface area contributed by atoms with Gasteiger partial charge < -0.3 is 10.4 Å². The second-order valence-electron chi connectivity index (χ2n) is 4.21. The van der Waals surface area contributed by atoms with E-state index >= 15 is 0 Å². The molecule has 18 heavy (non-hydrogen) atoms. The van der Waals surface area contributed by atoms with Gasteiger partial charge in [-0.2, -0.15) is 0 Å². The standard InChI is InChI=1S/C14H16BrNOS/c1-10(12-4-2-3-11(7-12)9-17)16-8-13-5-6-14(15)18-13/h2-7,10,16-17H,8-9H2,1H3. The van der Waals surface area contributed by atoms with Crippen molar-refractivity contribution in [2.24, 2.45) is 0 Å². The van der Waals surface area contributed by atoms with Gasteiger partial charge in [0.1, 0.15) is 0 Å². The second kappa shape index (κ2) is 6.48. The van der Waals surface area contributed by atoms with E-state index in [2.05, 4.69) is 46.4 Å². The molecule has 1 atom stereocenters. The molecule has 96 valence electrons. The molecule has 0 amide bonds. The fourth-order valence-electron chi connectivity index (χ4n) is 1.78. The molecule has 0 aliphatic rings. The second-order valence-corrected chi connectivity index (χ2v) is 6.76. The van der Waals surface area contributed by atoms with Gasteiger partial charge in [0.25, 0.3) is 0 Å². The molecule has 2 nitrogen and oxygen atoms in total. The molecule has 0 fully saturated rings. The molecule has 0 radical (unpaired) electrons. The summed E-state index contributed by atoms with van der Waals surface area (Å²) in [6.07, 6.45) is 0. The van der Waals surface area contributed by atoms with E-state index in [1.807, 2.05) is 18.2 Å². The zero-order valence-electron chi connectivity index (χ0n) is 10.2. The lowest BCUT2D eigenvalue weighted by Crippen LogP contribution is -2.17. The van der Waals surface area contributed by atoms with Crippen molar-refractivity contribution in [2.45, 2.75) is 26.1 Å². The Morgan fingerprint density at radius 2 is 2.17 bits per heavy atom. The van der Waals surface area contributed by atoms with Crippen molar-refractivity contribution >= 4 is 27.3 Å². The third-order valence-electron chi connectivity index (χ3n) is 2.84. The number of halogens is 1. The van der Waals surface area contributed by atoms with Gasteiger partial charge in [0, 0.05) is 17.5 Å². The van der Waals surface area contributed by atoms with Crippen molar-refractivity contribution in [2.75, 3.05) is 0 Å². The molecule has 2 rings (SSSR count). The van der Waals surface area contributed by atoms with E-state index in [4.69, 9.17) is 5.11 Å². The normalized spacial score (nSPS) is 12.6. The molecule has 0 bridgehead atoms. The van der Waals surface area contributed by atoms with Crippen LogP contribution in [0.2, 0.25) is 0 Å². The SMILES string of the molecule is CC(NCc1ccc(Br)s1)c1cccc(CO)c1. The van der Waals surface area contributed by atoms with E-state index < -0.39 is 0 Å². The van der Waals surface area contributed by atoms with Crippen molar-refractivity contribution in [3.8, 4) is 0 Å². The topological polar surface area (TPSA) is 32.3 Å². The van der Waals surface area contributed by atoms with E-state index in [1.54, 1.807) is 11.3 Å². The molecule has 0 aliphatic carbocycles. The summed E-state index contributed by atoms with van der Waals surface area (Å²) in [6.45, 7) is 3.10. The minimum Gasteiger partial charge on any atom is -0.392 e. The maximum Gasteiger partial charge on any atom is 0.0701 e. The van der Waals surface area contributed by atoms with Gasteiger partial charge in [-0.3, -0.25) is 0 Å². The maximum atomic E-state index is 9.13. The summed E-state index contributed by atoms with van der Waals surface area (Å²) in [7, 11) is 0. The summed E-state index contributed by atoms with van der Waals surface area (Å²) in [6, 6.07) is 12.5. The van der Waals surface area contributed by atoms with Crippen molar-refractivity contribution < 1.29 is 5.11 Å². The van der Waals surface area contributed by atoms with Crippen LogP contribution in [0.1, 0.15) is 29.0 Å². The molecule has 0 saturated heterocycles. The van der Waals surface area contributed by atoms with Crippen LogP contribution in [0.4, 0.5) is 0 Å². The van der Waals surface area contributed by atoms with Crippen LogP contribution in [0.3, 0.4) is 0 Å². The first kappa shape index (κ1) is 13.7. The maximum absolute atomic E-state index is 9.13. The third kappa shape index (κ3) is 3.65. The lowest BCUT2D eigenvalue weighted by atomic mass is 10.1. The number of aliphatic hydroxyl groups is 1. The zero-order chi connectivity index (χ0) is 13.0. The van der Waals surface area contributed by atoms with Gasteiger partial charge in [-0.25, -0.2) is 0 Å². The minimum atomic E-state index is 0.0957. The Hall–Kier alpha value is -0.680. The average molecular weight is 326 g/mol. The Morgan fingerprint density at radius 3 is 2.83 bits per heavy atom. The smallest absolute Gasteiger partial charge is 0.0701 e. The predicted octanol–water partition coefficient (Wildman–Crippen LogP) is 3.85. The molecule has 0 saturated carbocycles. The molecule has 0 spiro atoms. The molecule has 1 unspecified atom stereocenters. The van der Waals surface area contributed by atoms with Crippen LogP contribution < -0.4 is 5.32 Å². The molecule has 1 aromatic carbocycles. The fraction of sp³-hybridized carbons (Fsp3) is 0.286. The highest BCUT2D eigenvalue weighted by Crippen LogP contribution is 2.23. The molecular formula is C14H16BrNOS. The summed E-state index contributed by atoms with van der Waals surface area (Å²) in [4.78, 5) is 1.31. The van der Waals surface area contributed by atoms with Crippen LogP contribution in [0.5, 0.6) is 0 Å². The number of hydrogen-bond donors (Lipinski definition) is 2. The van der Waals surface area contributed by atoms with Crippen LogP contribution in [0.25, 0.3) is 0 Å². The molecule has 2 aromatic rings. The van der Waals surface area contributed by atoms with Crippen molar-refractivity contribution in [1.29, 1.82) is 0 Å². The first-order valence-electron chi connectivity index (χ1n) is 5.86. The molecule has 0 aliphatic heterocycles. The molecule has 1 heterocycles. The van der Waals surface area contributed by atoms with Crippen LogP contribution >= 0.6 is 27.3 Å². The van der Waals surface area contributed by atoms with Crippen LogP contribution in [-0.2, 0) is 13.2 Å². The van der Waals surface area contributed by atoms with Gasteiger partial charge in [0.15, 0.2) is 0 Å². The Kier molecular flexibility index (Phi) is 4.95. The predicted molar refractivity (Wildman–Crippen MR) is 79.6 cm³/mol. The Balaban J connectivity index is 1.96. The Labute approximate surface area is 120 Å². The summed E-state index contributed by atoms with van der Waals surface area (Å²) in [5.74, 6) is 0. The number of aliphatic hydroxyl groups excluding tert-OH is 1. The quantitative estimate of drug-likeness (QED) is 0.875. The number of hydrogen-bond acceptors (Lipinski definition) is 3. The lowest BCUT2D eigenvalue weighted by molar-refractivity contribution is 0.281. The Bertz CT molecular complexity index is 512. The number of nitrogens with one attached hydrogen (secondary N) is 1. The van der Waals surface area contributed by atoms with E-state index in [9.17, 15) is 0 Å². The van der Waals surface area contributed by atoms with E-state index in [-0.39, 0.29) is 12.6 Å². The van der Waals surface area contributed by atoms with Gasteiger partial charge in [-0.05, 0) is 46.1 Å².